The van der Waals surface area contributed by atoms with Gasteiger partial charge in [0.25, 0.3) is 0 Å². The molecule has 5 heteroatoms. The number of benzene rings is 2. The van der Waals surface area contributed by atoms with Crippen molar-refractivity contribution in [1.29, 1.82) is 0 Å². The van der Waals surface area contributed by atoms with Crippen molar-refractivity contribution in [1.82, 2.24) is 9.78 Å². The summed E-state index contributed by atoms with van der Waals surface area (Å²) in [5.41, 5.74) is 8.26. The second-order valence-corrected chi connectivity index (χ2v) is 5.21. The highest BCUT2D eigenvalue weighted by molar-refractivity contribution is 9.10. The second-order valence-electron chi connectivity index (χ2n) is 4.36. The number of hydrogen-bond acceptors (Lipinski definition) is 2. The van der Waals surface area contributed by atoms with Crippen LogP contribution < -0.4 is 5.73 Å². The van der Waals surface area contributed by atoms with Gasteiger partial charge in [0.15, 0.2) is 0 Å². The van der Waals surface area contributed by atoms with Crippen LogP contribution in [0.25, 0.3) is 10.9 Å². The summed E-state index contributed by atoms with van der Waals surface area (Å²) in [5, 5.41) is 5.34. The van der Waals surface area contributed by atoms with E-state index in [4.69, 9.17) is 5.73 Å². The number of fused-ring (bicyclic) bond motifs is 1. The first-order valence-electron chi connectivity index (χ1n) is 5.78. The van der Waals surface area contributed by atoms with Crippen LogP contribution in [0.3, 0.4) is 0 Å². The molecule has 0 aliphatic heterocycles. The predicted octanol–water partition coefficient (Wildman–Crippen LogP) is 3.57. The summed E-state index contributed by atoms with van der Waals surface area (Å²) in [5.74, 6) is -0.255. The molecule has 0 aliphatic carbocycles. The molecule has 0 atom stereocenters. The van der Waals surface area contributed by atoms with Crippen molar-refractivity contribution in [3.05, 3.63) is 58.4 Å². The summed E-state index contributed by atoms with van der Waals surface area (Å²) < 4.78 is 16.0. The van der Waals surface area contributed by atoms with E-state index >= 15 is 0 Å². The number of halogens is 2. The van der Waals surface area contributed by atoms with Gasteiger partial charge < -0.3 is 5.73 Å². The van der Waals surface area contributed by atoms with Gasteiger partial charge in [-0.25, -0.2) is 4.39 Å². The van der Waals surface area contributed by atoms with Crippen LogP contribution in [0.1, 0.15) is 5.56 Å². The summed E-state index contributed by atoms with van der Waals surface area (Å²) in [6.07, 6.45) is 1.78. The van der Waals surface area contributed by atoms with E-state index in [2.05, 4.69) is 21.0 Å². The maximum Gasteiger partial charge on any atom is 0.123 e. The SMILES string of the molecule is Nc1ccc2cnn(Cc3cc(F)ccc3Br)c2c1. The highest BCUT2D eigenvalue weighted by Crippen LogP contribution is 2.22. The number of aromatic nitrogens is 2. The molecule has 0 saturated carbocycles. The topological polar surface area (TPSA) is 43.8 Å². The van der Waals surface area contributed by atoms with Crippen molar-refractivity contribution >= 4 is 32.5 Å². The van der Waals surface area contributed by atoms with E-state index in [1.807, 2.05) is 22.9 Å². The van der Waals surface area contributed by atoms with Gasteiger partial charge in [-0.3, -0.25) is 4.68 Å². The normalized spacial score (nSPS) is 11.1. The zero-order valence-corrected chi connectivity index (χ0v) is 11.6. The molecule has 1 aromatic heterocycles. The van der Waals surface area contributed by atoms with Gasteiger partial charge in [-0.15, -0.1) is 0 Å². The molecular weight excluding hydrogens is 309 g/mol. The number of nitrogens with zero attached hydrogens (tertiary/aromatic N) is 2. The zero-order chi connectivity index (χ0) is 13.4. The van der Waals surface area contributed by atoms with E-state index in [1.165, 1.54) is 12.1 Å². The molecule has 2 aromatic carbocycles. The van der Waals surface area contributed by atoms with Gasteiger partial charge >= 0.3 is 0 Å². The zero-order valence-electron chi connectivity index (χ0n) is 9.98. The van der Waals surface area contributed by atoms with E-state index in [0.717, 1.165) is 20.9 Å². The van der Waals surface area contributed by atoms with Crippen molar-refractivity contribution in [2.24, 2.45) is 0 Å². The Morgan fingerprint density at radius 1 is 1.21 bits per heavy atom. The summed E-state index contributed by atoms with van der Waals surface area (Å²) in [6, 6.07) is 10.3. The van der Waals surface area contributed by atoms with Crippen molar-refractivity contribution in [2.75, 3.05) is 5.73 Å². The Kier molecular flexibility index (Phi) is 2.98. The molecule has 0 bridgehead atoms. The fraction of sp³-hybridized carbons (Fsp3) is 0.0714. The highest BCUT2D eigenvalue weighted by atomic mass is 79.9. The minimum Gasteiger partial charge on any atom is -0.399 e. The molecule has 0 radical (unpaired) electrons. The molecule has 0 unspecified atom stereocenters. The minimum atomic E-state index is -0.255. The second kappa shape index (κ2) is 4.66. The Balaban J connectivity index is 2.05. The van der Waals surface area contributed by atoms with Gasteiger partial charge in [0.05, 0.1) is 18.3 Å². The lowest BCUT2D eigenvalue weighted by Gasteiger charge is -2.07. The van der Waals surface area contributed by atoms with Gasteiger partial charge in [-0.05, 0) is 42.0 Å². The maximum absolute atomic E-state index is 13.3. The van der Waals surface area contributed by atoms with Gasteiger partial charge in [0, 0.05) is 15.5 Å². The standard InChI is InChI=1S/C14H11BrFN3/c15-13-4-2-11(16)5-10(13)8-19-14-6-12(17)3-1-9(14)7-18-19/h1-7H,8,17H2. The first kappa shape index (κ1) is 12.2. The quantitative estimate of drug-likeness (QED) is 0.734. The highest BCUT2D eigenvalue weighted by Gasteiger charge is 2.07. The Hall–Kier alpha value is -1.88. The first-order chi connectivity index (χ1) is 9.13. The fourth-order valence-electron chi connectivity index (χ4n) is 2.04. The molecule has 96 valence electrons. The van der Waals surface area contributed by atoms with Crippen LogP contribution in [-0.4, -0.2) is 9.78 Å². The van der Waals surface area contributed by atoms with E-state index in [1.54, 1.807) is 12.3 Å². The molecule has 3 nitrogen and oxygen atoms in total. The molecule has 0 fully saturated rings. The summed E-state index contributed by atoms with van der Waals surface area (Å²) in [4.78, 5) is 0. The monoisotopic (exact) mass is 319 g/mol. The molecule has 3 aromatic rings. The molecule has 2 N–H and O–H groups in total. The van der Waals surface area contributed by atoms with Gasteiger partial charge in [0.1, 0.15) is 5.82 Å². The predicted molar refractivity (Wildman–Crippen MR) is 77.3 cm³/mol. The molecule has 0 amide bonds. The molecule has 0 spiro atoms. The number of rotatable bonds is 2. The van der Waals surface area contributed by atoms with Crippen LogP contribution in [0, 0.1) is 5.82 Å². The number of nitrogens with two attached hydrogens (primary N) is 1. The van der Waals surface area contributed by atoms with Crippen molar-refractivity contribution in [3.63, 3.8) is 0 Å². The molecule has 3 rings (SSSR count). The third-order valence-corrected chi connectivity index (χ3v) is 3.77. The van der Waals surface area contributed by atoms with Crippen LogP contribution in [-0.2, 0) is 6.54 Å². The largest absolute Gasteiger partial charge is 0.399 e. The van der Waals surface area contributed by atoms with E-state index in [9.17, 15) is 4.39 Å². The molecule has 19 heavy (non-hydrogen) atoms. The third kappa shape index (κ3) is 2.33. The van der Waals surface area contributed by atoms with Gasteiger partial charge in [0.2, 0.25) is 0 Å². The summed E-state index contributed by atoms with van der Waals surface area (Å²) in [6.45, 7) is 0.491. The molecule has 1 heterocycles. The summed E-state index contributed by atoms with van der Waals surface area (Å²) >= 11 is 3.42. The Labute approximate surface area is 118 Å². The molecule has 0 saturated heterocycles. The average Bonchev–Trinajstić information content (AvgIpc) is 2.77. The summed E-state index contributed by atoms with van der Waals surface area (Å²) in [7, 11) is 0. The fourth-order valence-corrected chi connectivity index (χ4v) is 2.41. The van der Waals surface area contributed by atoms with Crippen molar-refractivity contribution in [3.8, 4) is 0 Å². The Morgan fingerprint density at radius 3 is 2.89 bits per heavy atom. The average molecular weight is 320 g/mol. The minimum absolute atomic E-state index is 0.255. The maximum atomic E-state index is 13.3. The third-order valence-electron chi connectivity index (χ3n) is 3.00. The first-order valence-corrected chi connectivity index (χ1v) is 6.58. The lowest BCUT2D eigenvalue weighted by molar-refractivity contribution is 0.620. The van der Waals surface area contributed by atoms with Crippen LogP contribution in [0.2, 0.25) is 0 Å². The van der Waals surface area contributed by atoms with Crippen LogP contribution in [0.5, 0.6) is 0 Å². The lowest BCUT2D eigenvalue weighted by Crippen LogP contribution is -2.02. The Bertz CT molecular complexity index is 752. The Morgan fingerprint density at radius 2 is 2.05 bits per heavy atom. The molecular formula is C14H11BrFN3. The van der Waals surface area contributed by atoms with Crippen LogP contribution in [0.15, 0.2) is 47.1 Å². The van der Waals surface area contributed by atoms with E-state index < -0.39 is 0 Å². The van der Waals surface area contributed by atoms with Crippen LogP contribution >= 0.6 is 15.9 Å². The van der Waals surface area contributed by atoms with Crippen LogP contribution in [0.4, 0.5) is 10.1 Å². The lowest BCUT2D eigenvalue weighted by atomic mass is 10.2. The number of nitrogen functional groups attached to an aromatic ring is 1. The van der Waals surface area contributed by atoms with Crippen molar-refractivity contribution < 1.29 is 4.39 Å². The van der Waals surface area contributed by atoms with Gasteiger partial charge in [-0.2, -0.15) is 5.10 Å². The number of hydrogen-bond donors (Lipinski definition) is 1. The number of anilines is 1. The van der Waals surface area contributed by atoms with Gasteiger partial charge in [-0.1, -0.05) is 15.9 Å². The smallest absolute Gasteiger partial charge is 0.123 e. The molecule has 0 aliphatic rings. The van der Waals surface area contributed by atoms with E-state index in [0.29, 0.717) is 12.2 Å². The van der Waals surface area contributed by atoms with Crippen molar-refractivity contribution in [2.45, 2.75) is 6.54 Å². The van der Waals surface area contributed by atoms with E-state index in [-0.39, 0.29) is 5.82 Å².